The standard InChI is InChI=1S/C21H22FNO2/c1-24-19-10-4-16(5-11-19)15-23-13-12-20(21-3-2-14-25-21)17-6-8-18(22)9-7-17/h2-11,14,20,23H,12-13,15H2,1H3. The number of hydrogen-bond acceptors (Lipinski definition) is 3. The molecule has 0 fully saturated rings. The fourth-order valence-electron chi connectivity index (χ4n) is 2.88. The minimum absolute atomic E-state index is 0.110. The van der Waals surface area contributed by atoms with Gasteiger partial charge in [-0.2, -0.15) is 0 Å². The SMILES string of the molecule is COc1ccc(CNCCC(c2ccc(F)cc2)c2ccco2)cc1. The smallest absolute Gasteiger partial charge is 0.123 e. The van der Waals surface area contributed by atoms with Gasteiger partial charge in [-0.3, -0.25) is 0 Å². The number of furan rings is 1. The molecule has 0 saturated heterocycles. The van der Waals surface area contributed by atoms with E-state index >= 15 is 0 Å². The summed E-state index contributed by atoms with van der Waals surface area (Å²) in [7, 11) is 1.66. The van der Waals surface area contributed by atoms with Crippen molar-refractivity contribution in [1.82, 2.24) is 5.32 Å². The van der Waals surface area contributed by atoms with Gasteiger partial charge in [0.05, 0.1) is 13.4 Å². The van der Waals surface area contributed by atoms with Gasteiger partial charge in [-0.25, -0.2) is 4.39 Å². The molecule has 3 rings (SSSR count). The van der Waals surface area contributed by atoms with Gasteiger partial charge >= 0.3 is 0 Å². The highest BCUT2D eigenvalue weighted by atomic mass is 19.1. The Hall–Kier alpha value is -2.59. The van der Waals surface area contributed by atoms with Crippen molar-refractivity contribution in [3.8, 4) is 5.75 Å². The van der Waals surface area contributed by atoms with Gasteiger partial charge in [-0.1, -0.05) is 24.3 Å². The van der Waals surface area contributed by atoms with Gasteiger partial charge in [0.2, 0.25) is 0 Å². The van der Waals surface area contributed by atoms with Crippen molar-refractivity contribution in [2.24, 2.45) is 0 Å². The van der Waals surface area contributed by atoms with Crippen LogP contribution in [0.25, 0.3) is 0 Å². The van der Waals surface area contributed by atoms with Crippen molar-refractivity contribution < 1.29 is 13.5 Å². The lowest BCUT2D eigenvalue weighted by Gasteiger charge is -2.16. The van der Waals surface area contributed by atoms with Crippen LogP contribution in [0.3, 0.4) is 0 Å². The first-order valence-corrected chi connectivity index (χ1v) is 8.39. The predicted octanol–water partition coefficient (Wildman–Crippen LogP) is 4.74. The molecule has 1 heterocycles. The van der Waals surface area contributed by atoms with E-state index < -0.39 is 0 Å². The lowest BCUT2D eigenvalue weighted by molar-refractivity contribution is 0.414. The summed E-state index contributed by atoms with van der Waals surface area (Å²) in [5.74, 6) is 1.65. The molecule has 25 heavy (non-hydrogen) atoms. The van der Waals surface area contributed by atoms with Crippen LogP contribution < -0.4 is 10.1 Å². The number of methoxy groups -OCH3 is 1. The summed E-state index contributed by atoms with van der Waals surface area (Å²) in [4.78, 5) is 0. The third-order valence-corrected chi connectivity index (χ3v) is 4.26. The van der Waals surface area contributed by atoms with Gasteiger partial charge in [0.1, 0.15) is 17.3 Å². The lowest BCUT2D eigenvalue weighted by atomic mass is 9.93. The molecular formula is C21H22FNO2. The van der Waals surface area contributed by atoms with Crippen LogP contribution in [0.4, 0.5) is 4.39 Å². The maximum Gasteiger partial charge on any atom is 0.123 e. The van der Waals surface area contributed by atoms with E-state index in [0.29, 0.717) is 0 Å². The average molecular weight is 339 g/mol. The topological polar surface area (TPSA) is 34.4 Å². The summed E-state index contributed by atoms with van der Waals surface area (Å²) in [5, 5.41) is 3.46. The highest BCUT2D eigenvalue weighted by Gasteiger charge is 2.16. The van der Waals surface area contributed by atoms with Gasteiger partial charge in [-0.05, 0) is 60.5 Å². The summed E-state index contributed by atoms with van der Waals surface area (Å²) in [6.07, 6.45) is 2.55. The second-order valence-corrected chi connectivity index (χ2v) is 5.93. The van der Waals surface area contributed by atoms with Gasteiger partial charge in [0.15, 0.2) is 0 Å². The summed E-state index contributed by atoms with van der Waals surface area (Å²) >= 11 is 0. The van der Waals surface area contributed by atoms with Crippen LogP contribution in [0.1, 0.15) is 29.2 Å². The van der Waals surface area contributed by atoms with Crippen LogP contribution in [-0.4, -0.2) is 13.7 Å². The molecule has 1 N–H and O–H groups in total. The Morgan fingerprint density at radius 2 is 1.80 bits per heavy atom. The molecule has 0 saturated carbocycles. The van der Waals surface area contributed by atoms with Crippen molar-refractivity contribution in [3.63, 3.8) is 0 Å². The molecule has 0 spiro atoms. The van der Waals surface area contributed by atoms with E-state index in [1.165, 1.54) is 17.7 Å². The predicted molar refractivity (Wildman–Crippen MR) is 96.3 cm³/mol. The Balaban J connectivity index is 1.58. The third-order valence-electron chi connectivity index (χ3n) is 4.26. The molecule has 130 valence electrons. The van der Waals surface area contributed by atoms with Crippen molar-refractivity contribution in [1.29, 1.82) is 0 Å². The maximum absolute atomic E-state index is 13.2. The fourth-order valence-corrected chi connectivity index (χ4v) is 2.88. The van der Waals surface area contributed by atoms with Gasteiger partial charge < -0.3 is 14.5 Å². The molecule has 0 amide bonds. The summed E-state index contributed by atoms with van der Waals surface area (Å²) in [5.41, 5.74) is 2.26. The normalized spacial score (nSPS) is 12.1. The third kappa shape index (κ3) is 4.70. The number of hydrogen-bond donors (Lipinski definition) is 1. The van der Waals surface area contributed by atoms with Crippen LogP contribution in [0.5, 0.6) is 5.75 Å². The van der Waals surface area contributed by atoms with Gasteiger partial charge in [0.25, 0.3) is 0 Å². The quantitative estimate of drug-likeness (QED) is 0.602. The average Bonchev–Trinajstić information content (AvgIpc) is 3.18. The van der Waals surface area contributed by atoms with E-state index in [0.717, 1.165) is 36.6 Å². The summed E-state index contributed by atoms with van der Waals surface area (Å²) in [6, 6.07) is 18.5. The van der Waals surface area contributed by atoms with Crippen molar-refractivity contribution in [2.45, 2.75) is 18.9 Å². The Morgan fingerprint density at radius 3 is 2.44 bits per heavy atom. The Bertz CT molecular complexity index is 752. The first-order chi connectivity index (χ1) is 12.3. The van der Waals surface area contributed by atoms with Gasteiger partial charge in [-0.15, -0.1) is 0 Å². The molecule has 3 nitrogen and oxygen atoms in total. The van der Waals surface area contributed by atoms with Crippen LogP contribution in [0, 0.1) is 5.82 Å². The Morgan fingerprint density at radius 1 is 1.04 bits per heavy atom. The van der Waals surface area contributed by atoms with Crippen LogP contribution in [0.2, 0.25) is 0 Å². The monoisotopic (exact) mass is 339 g/mol. The summed E-state index contributed by atoms with van der Waals surface area (Å²) in [6.45, 7) is 1.62. The number of benzene rings is 2. The Labute approximate surface area is 147 Å². The number of halogens is 1. The first-order valence-electron chi connectivity index (χ1n) is 8.39. The van der Waals surface area contributed by atoms with Crippen LogP contribution in [0.15, 0.2) is 71.3 Å². The van der Waals surface area contributed by atoms with E-state index in [9.17, 15) is 4.39 Å². The molecule has 3 aromatic rings. The fraction of sp³-hybridized carbons (Fsp3) is 0.238. The molecule has 4 heteroatoms. The van der Waals surface area contributed by atoms with E-state index in [4.69, 9.17) is 9.15 Å². The molecule has 0 radical (unpaired) electrons. The minimum Gasteiger partial charge on any atom is -0.497 e. The molecule has 0 aliphatic heterocycles. The lowest BCUT2D eigenvalue weighted by Crippen LogP contribution is -2.17. The van der Waals surface area contributed by atoms with E-state index in [1.807, 2.05) is 36.4 Å². The van der Waals surface area contributed by atoms with E-state index in [1.54, 1.807) is 13.4 Å². The summed E-state index contributed by atoms with van der Waals surface area (Å²) < 4.78 is 23.9. The highest BCUT2D eigenvalue weighted by Crippen LogP contribution is 2.28. The maximum atomic E-state index is 13.2. The van der Waals surface area contributed by atoms with Crippen molar-refractivity contribution in [2.75, 3.05) is 13.7 Å². The zero-order valence-electron chi connectivity index (χ0n) is 14.2. The van der Waals surface area contributed by atoms with E-state index in [2.05, 4.69) is 17.4 Å². The number of ether oxygens (including phenoxy) is 1. The second kappa shape index (κ2) is 8.49. The van der Waals surface area contributed by atoms with Crippen molar-refractivity contribution in [3.05, 3.63) is 89.6 Å². The molecule has 2 aromatic carbocycles. The second-order valence-electron chi connectivity index (χ2n) is 5.93. The molecule has 1 unspecified atom stereocenters. The van der Waals surface area contributed by atoms with Crippen LogP contribution in [-0.2, 0) is 6.54 Å². The first kappa shape index (κ1) is 17.2. The highest BCUT2D eigenvalue weighted by molar-refractivity contribution is 5.28. The van der Waals surface area contributed by atoms with Crippen LogP contribution >= 0.6 is 0 Å². The van der Waals surface area contributed by atoms with Crippen molar-refractivity contribution >= 4 is 0 Å². The Kier molecular flexibility index (Phi) is 5.86. The molecule has 0 bridgehead atoms. The van der Waals surface area contributed by atoms with Gasteiger partial charge in [0, 0.05) is 12.5 Å². The van der Waals surface area contributed by atoms with E-state index in [-0.39, 0.29) is 11.7 Å². The molecule has 1 atom stereocenters. The molecule has 1 aromatic heterocycles. The largest absolute Gasteiger partial charge is 0.497 e. The number of nitrogens with one attached hydrogen (secondary N) is 1. The molecule has 0 aliphatic carbocycles. The zero-order valence-corrected chi connectivity index (χ0v) is 14.2. The molecule has 0 aliphatic rings. The molecular weight excluding hydrogens is 317 g/mol. The zero-order chi connectivity index (χ0) is 17.5. The minimum atomic E-state index is -0.223. The number of rotatable bonds is 8.